The number of cyclic esters (lactones) is 1. The van der Waals surface area contributed by atoms with Crippen molar-refractivity contribution in [3.63, 3.8) is 0 Å². The number of hydrogen-bond acceptors (Lipinski definition) is 7. The van der Waals surface area contributed by atoms with Gasteiger partial charge in [-0.25, -0.2) is 14.0 Å². The lowest BCUT2D eigenvalue weighted by Gasteiger charge is -2.29. The molecule has 1 aromatic rings. The number of benzene rings is 1. The van der Waals surface area contributed by atoms with Gasteiger partial charge in [0.2, 0.25) is 5.91 Å². The van der Waals surface area contributed by atoms with Gasteiger partial charge in [0, 0.05) is 32.6 Å². The molecule has 4 rings (SSSR count). The molecule has 0 aromatic heterocycles. The van der Waals surface area contributed by atoms with Gasteiger partial charge >= 0.3 is 12.2 Å². The average Bonchev–Trinajstić information content (AvgIpc) is 3.04. The number of amides is 3. The number of nitrogens with zero attached hydrogens (tertiary/aromatic N) is 3. The molecule has 3 saturated heterocycles. The molecule has 3 fully saturated rings. The third kappa shape index (κ3) is 5.52. The Morgan fingerprint density at radius 3 is 2.56 bits per heavy atom. The fraction of sp³-hybridized carbons (Fsp3) is 0.609. The van der Waals surface area contributed by atoms with E-state index >= 15 is 0 Å². The first-order valence-electron chi connectivity index (χ1n) is 11.5. The Morgan fingerprint density at radius 2 is 1.88 bits per heavy atom. The number of halogens is 1. The number of hydrogen-bond donors (Lipinski definition) is 1. The molecule has 10 nitrogen and oxygen atoms in total. The van der Waals surface area contributed by atoms with E-state index in [9.17, 15) is 18.8 Å². The van der Waals surface area contributed by atoms with Crippen LogP contribution in [-0.4, -0.2) is 86.7 Å². The van der Waals surface area contributed by atoms with Gasteiger partial charge < -0.3 is 29.3 Å². The SMILES string of the molecule is CC(C)(C)OC(=O)N1CCC(=O)N[C@@H]([C@H]2CN(c3ccc(N4CCOCC4)c(F)c3)C(=O)O2)C1. The van der Waals surface area contributed by atoms with Crippen LogP contribution in [0.25, 0.3) is 0 Å². The van der Waals surface area contributed by atoms with Crippen molar-refractivity contribution in [1.29, 1.82) is 0 Å². The zero-order valence-electron chi connectivity index (χ0n) is 19.7. The number of morpholine rings is 1. The second-order valence-corrected chi connectivity index (χ2v) is 9.62. The van der Waals surface area contributed by atoms with Crippen LogP contribution in [0.5, 0.6) is 0 Å². The Hall–Kier alpha value is -3.08. The van der Waals surface area contributed by atoms with Crippen molar-refractivity contribution in [2.24, 2.45) is 0 Å². The van der Waals surface area contributed by atoms with E-state index in [2.05, 4.69) is 5.32 Å². The summed E-state index contributed by atoms with van der Waals surface area (Å²) in [7, 11) is 0. The Bertz CT molecular complexity index is 946. The Balaban J connectivity index is 1.46. The van der Waals surface area contributed by atoms with Gasteiger partial charge in [0.05, 0.1) is 37.2 Å². The molecule has 11 heteroatoms. The highest BCUT2D eigenvalue weighted by Crippen LogP contribution is 2.29. The molecule has 3 amide bonds. The minimum atomic E-state index is -0.707. The lowest BCUT2D eigenvalue weighted by molar-refractivity contribution is -0.121. The summed E-state index contributed by atoms with van der Waals surface area (Å²) in [4.78, 5) is 42.2. The monoisotopic (exact) mass is 478 g/mol. The summed E-state index contributed by atoms with van der Waals surface area (Å²) in [6.07, 6.45) is -1.75. The Kier molecular flexibility index (Phi) is 6.83. The molecule has 0 unspecified atom stereocenters. The highest BCUT2D eigenvalue weighted by molar-refractivity contribution is 5.90. The number of ether oxygens (including phenoxy) is 3. The molecule has 3 heterocycles. The number of carbonyl (C=O) groups excluding carboxylic acids is 3. The summed E-state index contributed by atoms with van der Waals surface area (Å²) in [5.74, 6) is -0.680. The van der Waals surface area contributed by atoms with E-state index in [4.69, 9.17) is 14.2 Å². The summed E-state index contributed by atoms with van der Waals surface area (Å²) < 4.78 is 31.2. The van der Waals surface area contributed by atoms with Crippen molar-refractivity contribution in [3.05, 3.63) is 24.0 Å². The van der Waals surface area contributed by atoms with E-state index in [1.807, 2.05) is 4.90 Å². The molecule has 1 aromatic carbocycles. The van der Waals surface area contributed by atoms with Gasteiger partial charge in [-0.05, 0) is 39.0 Å². The second-order valence-electron chi connectivity index (χ2n) is 9.62. The van der Waals surface area contributed by atoms with Crippen molar-refractivity contribution < 1.29 is 33.0 Å². The van der Waals surface area contributed by atoms with Gasteiger partial charge in [-0.15, -0.1) is 0 Å². The van der Waals surface area contributed by atoms with Gasteiger partial charge in [0.15, 0.2) is 0 Å². The topological polar surface area (TPSA) is 101 Å². The van der Waals surface area contributed by atoms with Crippen LogP contribution in [0.15, 0.2) is 18.2 Å². The molecule has 1 N–H and O–H groups in total. The standard InChI is InChI=1S/C23H31FN4O6/c1-23(2,3)34-21(30)27-7-6-20(29)25-17(13-27)19-14-28(22(31)33-19)15-4-5-18(16(24)12-15)26-8-10-32-11-9-26/h4-5,12,17,19H,6-11,13-14H2,1-3H3,(H,25,29)/t17-,19-/m1/s1. The van der Waals surface area contributed by atoms with Gasteiger partial charge in [0.1, 0.15) is 17.5 Å². The van der Waals surface area contributed by atoms with Crippen LogP contribution in [0.2, 0.25) is 0 Å². The normalized spacial score (nSPS) is 23.9. The maximum atomic E-state index is 14.9. The van der Waals surface area contributed by atoms with Gasteiger partial charge in [-0.3, -0.25) is 9.69 Å². The maximum Gasteiger partial charge on any atom is 0.414 e. The van der Waals surface area contributed by atoms with Gasteiger partial charge in [-0.2, -0.15) is 0 Å². The van der Waals surface area contributed by atoms with Crippen LogP contribution in [-0.2, 0) is 19.0 Å². The van der Waals surface area contributed by atoms with E-state index < -0.39 is 35.8 Å². The van der Waals surface area contributed by atoms with Crippen LogP contribution in [0.1, 0.15) is 27.2 Å². The summed E-state index contributed by atoms with van der Waals surface area (Å²) in [6, 6.07) is 4.02. The minimum absolute atomic E-state index is 0.113. The highest BCUT2D eigenvalue weighted by atomic mass is 19.1. The number of carbonyl (C=O) groups is 3. The maximum absolute atomic E-state index is 14.9. The Morgan fingerprint density at radius 1 is 1.15 bits per heavy atom. The molecular formula is C23H31FN4O6. The van der Waals surface area contributed by atoms with Crippen LogP contribution >= 0.6 is 0 Å². The summed E-state index contributed by atoms with van der Waals surface area (Å²) in [5, 5.41) is 2.84. The molecule has 0 radical (unpaired) electrons. The zero-order chi connectivity index (χ0) is 24.5. The first-order valence-corrected chi connectivity index (χ1v) is 11.5. The van der Waals surface area contributed by atoms with Crippen LogP contribution in [0, 0.1) is 5.82 Å². The molecule has 0 bridgehead atoms. The van der Waals surface area contributed by atoms with Crippen molar-refractivity contribution in [2.45, 2.75) is 44.9 Å². The number of rotatable bonds is 3. The quantitative estimate of drug-likeness (QED) is 0.710. The van der Waals surface area contributed by atoms with E-state index in [0.29, 0.717) is 37.7 Å². The second kappa shape index (κ2) is 9.65. The van der Waals surface area contributed by atoms with E-state index in [1.165, 1.54) is 15.9 Å². The third-order valence-corrected chi connectivity index (χ3v) is 5.90. The summed E-state index contributed by atoms with van der Waals surface area (Å²) in [6.45, 7) is 8.02. The van der Waals surface area contributed by atoms with E-state index in [1.54, 1.807) is 32.9 Å². The predicted octanol–water partition coefficient (Wildman–Crippen LogP) is 2.11. The van der Waals surface area contributed by atoms with Crippen molar-refractivity contribution in [3.8, 4) is 0 Å². The fourth-order valence-electron chi connectivity index (χ4n) is 4.22. The smallest absolute Gasteiger partial charge is 0.414 e. The molecule has 3 aliphatic rings. The minimum Gasteiger partial charge on any atom is -0.444 e. The molecule has 0 spiro atoms. The van der Waals surface area contributed by atoms with E-state index in [0.717, 1.165) is 0 Å². The third-order valence-electron chi connectivity index (χ3n) is 5.90. The number of nitrogens with one attached hydrogen (secondary N) is 1. The van der Waals surface area contributed by atoms with Crippen molar-refractivity contribution in [2.75, 3.05) is 55.7 Å². The zero-order valence-corrected chi connectivity index (χ0v) is 19.7. The van der Waals surface area contributed by atoms with Crippen molar-refractivity contribution in [1.82, 2.24) is 10.2 Å². The molecule has 186 valence electrons. The predicted molar refractivity (Wildman–Crippen MR) is 121 cm³/mol. The lowest BCUT2D eigenvalue weighted by atomic mass is 10.1. The van der Waals surface area contributed by atoms with Gasteiger partial charge in [-0.1, -0.05) is 0 Å². The van der Waals surface area contributed by atoms with Crippen LogP contribution in [0.3, 0.4) is 0 Å². The summed E-state index contributed by atoms with van der Waals surface area (Å²) >= 11 is 0. The van der Waals surface area contributed by atoms with Crippen LogP contribution in [0.4, 0.5) is 25.4 Å². The molecule has 3 aliphatic heterocycles. The average molecular weight is 479 g/mol. The number of anilines is 2. The largest absolute Gasteiger partial charge is 0.444 e. The molecule has 34 heavy (non-hydrogen) atoms. The summed E-state index contributed by atoms with van der Waals surface area (Å²) in [5.41, 5.74) is 0.149. The highest BCUT2D eigenvalue weighted by Gasteiger charge is 2.41. The lowest BCUT2D eigenvalue weighted by Crippen LogP contribution is -2.50. The fourth-order valence-corrected chi connectivity index (χ4v) is 4.22. The molecular weight excluding hydrogens is 447 g/mol. The van der Waals surface area contributed by atoms with Crippen molar-refractivity contribution >= 4 is 29.5 Å². The molecule has 0 aliphatic carbocycles. The first-order chi connectivity index (χ1) is 16.1. The molecule has 0 saturated carbocycles. The Labute approximate surface area is 197 Å². The first kappa shape index (κ1) is 24.1. The van der Waals surface area contributed by atoms with Crippen LogP contribution < -0.4 is 15.1 Å². The van der Waals surface area contributed by atoms with E-state index in [-0.39, 0.29) is 32.0 Å². The molecule has 2 atom stereocenters. The van der Waals surface area contributed by atoms with Gasteiger partial charge in [0.25, 0.3) is 0 Å².